The van der Waals surface area contributed by atoms with E-state index in [2.05, 4.69) is 0 Å². The smallest absolute Gasteiger partial charge is 0.282 e. The maximum atomic E-state index is 10.8. The van der Waals surface area contributed by atoms with Crippen molar-refractivity contribution in [2.75, 3.05) is 0 Å². The molecule has 0 unspecified atom stereocenters. The predicted octanol–water partition coefficient (Wildman–Crippen LogP) is 1.45. The molecule has 0 aliphatic rings. The van der Waals surface area contributed by atoms with Gasteiger partial charge in [-0.3, -0.25) is 14.7 Å². The van der Waals surface area contributed by atoms with E-state index in [0.717, 1.165) is 6.07 Å². The lowest BCUT2D eigenvalue weighted by Gasteiger charge is -2.00. The van der Waals surface area contributed by atoms with Crippen molar-refractivity contribution in [2.24, 2.45) is 0 Å². The molecule has 14 heavy (non-hydrogen) atoms. The second kappa shape index (κ2) is 3.79. The van der Waals surface area contributed by atoms with E-state index in [-0.39, 0.29) is 3.57 Å². The first-order chi connectivity index (χ1) is 6.34. The first kappa shape index (κ1) is 11.3. The summed E-state index contributed by atoms with van der Waals surface area (Å²) in [6.07, 6.45) is 0. The van der Waals surface area contributed by atoms with E-state index in [4.69, 9.17) is 4.55 Å². The SMILES string of the molecule is O=[N+]([O-])c1c(I)cccc1S(=O)(=O)O. The second-order valence-corrected chi connectivity index (χ2v) is 4.87. The number of hydrogen-bond donors (Lipinski definition) is 1. The average molecular weight is 329 g/mol. The Morgan fingerprint density at radius 2 is 2.00 bits per heavy atom. The molecular formula is C6H4INO5S. The molecule has 0 bridgehead atoms. The zero-order chi connectivity index (χ0) is 10.9. The summed E-state index contributed by atoms with van der Waals surface area (Å²) in [6, 6.07) is 3.68. The lowest BCUT2D eigenvalue weighted by molar-refractivity contribution is -0.388. The Balaban J connectivity index is 3.61. The highest BCUT2D eigenvalue weighted by Crippen LogP contribution is 2.28. The van der Waals surface area contributed by atoms with E-state index >= 15 is 0 Å². The number of rotatable bonds is 2. The van der Waals surface area contributed by atoms with Gasteiger partial charge in [-0.1, -0.05) is 6.07 Å². The van der Waals surface area contributed by atoms with Crippen LogP contribution in [0.1, 0.15) is 0 Å². The fraction of sp³-hybridized carbons (Fsp3) is 0. The summed E-state index contributed by atoms with van der Waals surface area (Å²) in [7, 11) is -4.55. The van der Waals surface area contributed by atoms with Gasteiger partial charge in [0.1, 0.15) is 0 Å². The highest BCUT2D eigenvalue weighted by Gasteiger charge is 2.26. The van der Waals surface area contributed by atoms with Crippen molar-refractivity contribution in [1.29, 1.82) is 0 Å². The third-order valence-corrected chi connectivity index (χ3v) is 3.17. The maximum absolute atomic E-state index is 10.8. The fourth-order valence-corrected chi connectivity index (χ4v) is 2.44. The zero-order valence-electron chi connectivity index (χ0n) is 6.55. The van der Waals surface area contributed by atoms with Crippen LogP contribution < -0.4 is 0 Å². The van der Waals surface area contributed by atoms with Crippen LogP contribution >= 0.6 is 22.6 Å². The first-order valence-corrected chi connectivity index (χ1v) is 5.76. The molecule has 0 amide bonds. The van der Waals surface area contributed by atoms with Gasteiger partial charge < -0.3 is 0 Å². The Labute approximate surface area is 93.0 Å². The number of nitrogens with zero attached hydrogens (tertiary/aromatic N) is 1. The van der Waals surface area contributed by atoms with Crippen LogP contribution in [0.15, 0.2) is 23.1 Å². The van der Waals surface area contributed by atoms with Gasteiger partial charge in [-0.15, -0.1) is 0 Å². The summed E-state index contributed by atoms with van der Waals surface area (Å²) in [6.45, 7) is 0. The highest BCUT2D eigenvalue weighted by molar-refractivity contribution is 14.1. The molecule has 1 aromatic rings. The molecule has 8 heteroatoms. The van der Waals surface area contributed by atoms with Gasteiger partial charge in [0.15, 0.2) is 4.90 Å². The van der Waals surface area contributed by atoms with Crippen molar-refractivity contribution < 1.29 is 17.9 Å². The average Bonchev–Trinajstić information content (AvgIpc) is 2.01. The van der Waals surface area contributed by atoms with E-state index < -0.39 is 25.6 Å². The normalized spacial score (nSPS) is 11.3. The van der Waals surface area contributed by atoms with Crippen molar-refractivity contribution in [2.45, 2.75) is 4.90 Å². The fourth-order valence-electron chi connectivity index (χ4n) is 0.881. The zero-order valence-corrected chi connectivity index (χ0v) is 9.52. The lowest BCUT2D eigenvalue weighted by atomic mass is 10.3. The quantitative estimate of drug-likeness (QED) is 0.383. The minimum absolute atomic E-state index is 0.155. The second-order valence-electron chi connectivity index (χ2n) is 2.32. The van der Waals surface area contributed by atoms with Crippen LogP contribution in [0.4, 0.5) is 5.69 Å². The molecule has 0 saturated carbocycles. The maximum Gasteiger partial charge on any atom is 0.303 e. The molecule has 0 saturated heterocycles. The Hall–Kier alpha value is -0.740. The predicted molar refractivity (Wildman–Crippen MR) is 55.6 cm³/mol. The molecule has 0 spiro atoms. The Morgan fingerprint density at radius 3 is 2.36 bits per heavy atom. The summed E-state index contributed by atoms with van der Waals surface area (Å²) in [5.41, 5.74) is -0.601. The molecule has 1 aromatic carbocycles. The number of nitro groups is 1. The van der Waals surface area contributed by atoms with Crippen molar-refractivity contribution in [3.8, 4) is 0 Å². The van der Waals surface area contributed by atoms with Crippen LogP contribution in [0.3, 0.4) is 0 Å². The third-order valence-electron chi connectivity index (χ3n) is 1.41. The first-order valence-electron chi connectivity index (χ1n) is 3.24. The van der Waals surface area contributed by atoms with E-state index in [9.17, 15) is 18.5 Å². The van der Waals surface area contributed by atoms with Crippen molar-refractivity contribution in [3.63, 3.8) is 0 Å². The van der Waals surface area contributed by atoms with Gasteiger partial charge in [-0.25, -0.2) is 0 Å². The number of para-hydroxylation sites is 1. The topological polar surface area (TPSA) is 97.5 Å². The molecular weight excluding hydrogens is 325 g/mol. The highest BCUT2D eigenvalue weighted by atomic mass is 127. The minimum Gasteiger partial charge on any atom is -0.282 e. The molecule has 1 N–H and O–H groups in total. The summed E-state index contributed by atoms with van der Waals surface area (Å²) in [5.74, 6) is 0. The van der Waals surface area contributed by atoms with Crippen LogP contribution in [-0.2, 0) is 10.1 Å². The summed E-state index contributed by atoms with van der Waals surface area (Å²) in [5, 5.41) is 10.5. The van der Waals surface area contributed by atoms with Crippen LogP contribution in [0.5, 0.6) is 0 Å². The van der Waals surface area contributed by atoms with Crippen molar-refractivity contribution in [1.82, 2.24) is 0 Å². The Bertz CT molecular complexity index is 483. The number of halogens is 1. The van der Waals surface area contributed by atoms with Gasteiger partial charge in [-0.2, -0.15) is 8.42 Å². The lowest BCUT2D eigenvalue weighted by Crippen LogP contribution is -2.04. The standard InChI is InChI=1S/C6H4INO5S/c7-4-2-1-3-5(14(11,12)13)6(4)8(9)10/h1-3H,(H,11,12,13). The van der Waals surface area contributed by atoms with Crippen LogP contribution in [0.25, 0.3) is 0 Å². The molecule has 0 radical (unpaired) electrons. The van der Waals surface area contributed by atoms with Gasteiger partial charge in [-0.05, 0) is 34.7 Å². The van der Waals surface area contributed by atoms with E-state index in [1.54, 1.807) is 22.6 Å². The number of benzene rings is 1. The molecule has 76 valence electrons. The number of hydrogen-bond acceptors (Lipinski definition) is 4. The van der Waals surface area contributed by atoms with Crippen LogP contribution in [0, 0.1) is 13.7 Å². The van der Waals surface area contributed by atoms with Gasteiger partial charge in [0.2, 0.25) is 0 Å². The molecule has 0 fully saturated rings. The van der Waals surface area contributed by atoms with Crippen LogP contribution in [0.2, 0.25) is 0 Å². The van der Waals surface area contributed by atoms with Gasteiger partial charge in [0.25, 0.3) is 0 Å². The van der Waals surface area contributed by atoms with Crippen LogP contribution in [-0.4, -0.2) is 17.9 Å². The van der Waals surface area contributed by atoms with Gasteiger partial charge >= 0.3 is 15.8 Å². The van der Waals surface area contributed by atoms with E-state index in [1.165, 1.54) is 12.1 Å². The molecule has 0 atom stereocenters. The molecule has 0 aliphatic heterocycles. The van der Waals surface area contributed by atoms with Gasteiger partial charge in [0, 0.05) is 0 Å². The largest absolute Gasteiger partial charge is 0.303 e. The summed E-state index contributed by atoms with van der Waals surface area (Å²) in [4.78, 5) is 8.99. The van der Waals surface area contributed by atoms with E-state index in [0.29, 0.717) is 0 Å². The summed E-state index contributed by atoms with van der Waals surface area (Å²) >= 11 is 1.62. The molecule has 6 nitrogen and oxygen atoms in total. The molecule has 1 rings (SSSR count). The molecule has 0 aromatic heterocycles. The molecule has 0 aliphatic carbocycles. The van der Waals surface area contributed by atoms with Crippen molar-refractivity contribution >= 4 is 38.4 Å². The van der Waals surface area contributed by atoms with E-state index in [1.807, 2.05) is 0 Å². The summed E-state index contributed by atoms with van der Waals surface area (Å²) < 4.78 is 30.4. The molecule has 0 heterocycles. The van der Waals surface area contributed by atoms with Crippen molar-refractivity contribution in [3.05, 3.63) is 31.9 Å². The minimum atomic E-state index is -4.55. The Morgan fingerprint density at radius 1 is 1.43 bits per heavy atom. The monoisotopic (exact) mass is 329 g/mol. The third kappa shape index (κ3) is 2.19. The number of nitro benzene ring substituents is 1. The Kier molecular flexibility index (Phi) is 3.07. The van der Waals surface area contributed by atoms with Gasteiger partial charge in [0.05, 0.1) is 8.49 Å².